The van der Waals surface area contributed by atoms with Gasteiger partial charge in [-0.25, -0.2) is 19.9 Å². The van der Waals surface area contributed by atoms with Crippen LogP contribution in [-0.4, -0.2) is 79.2 Å². The summed E-state index contributed by atoms with van der Waals surface area (Å²) in [4.78, 5) is 51.7. The molecule has 1 atom stereocenters. The van der Waals surface area contributed by atoms with Crippen LogP contribution in [0.3, 0.4) is 0 Å². The van der Waals surface area contributed by atoms with Crippen molar-refractivity contribution in [3.63, 3.8) is 0 Å². The second-order valence-corrected chi connectivity index (χ2v) is 10.8. The number of ether oxygens (including phenoxy) is 2. The Morgan fingerprint density at radius 2 is 1.55 bits per heavy atom. The minimum atomic E-state index is -0.846. The van der Waals surface area contributed by atoms with Crippen LogP contribution in [0.25, 0.3) is 11.1 Å². The minimum absolute atomic E-state index is 0.0843. The predicted octanol–water partition coefficient (Wildman–Crippen LogP) is 2.99. The zero-order valence-corrected chi connectivity index (χ0v) is 23.7. The van der Waals surface area contributed by atoms with Crippen LogP contribution in [0.5, 0.6) is 0 Å². The van der Waals surface area contributed by atoms with E-state index in [2.05, 4.69) is 10.9 Å². The molecule has 2 aromatic carbocycles. The van der Waals surface area contributed by atoms with Gasteiger partial charge in [0.25, 0.3) is 5.91 Å². The van der Waals surface area contributed by atoms with Gasteiger partial charge in [-0.05, 0) is 55.9 Å². The van der Waals surface area contributed by atoms with Gasteiger partial charge in [0, 0.05) is 26.6 Å². The van der Waals surface area contributed by atoms with E-state index in [-0.39, 0.29) is 19.1 Å². The van der Waals surface area contributed by atoms with Crippen molar-refractivity contribution in [2.24, 2.45) is 5.73 Å². The molecule has 0 fully saturated rings. The molecule has 0 aliphatic heterocycles. The Morgan fingerprint density at radius 3 is 2.12 bits per heavy atom. The topological polar surface area (TPSA) is 143 Å². The van der Waals surface area contributed by atoms with Crippen molar-refractivity contribution in [1.29, 1.82) is 0 Å². The maximum Gasteiger partial charge on any atom is 0.422 e. The second kappa shape index (κ2) is 13.4. The van der Waals surface area contributed by atoms with Crippen molar-refractivity contribution in [2.75, 3.05) is 33.8 Å². The van der Waals surface area contributed by atoms with E-state index in [1.54, 1.807) is 20.8 Å². The monoisotopic (exact) mass is 553 g/mol. The number of carbonyl (C=O) groups is 4. The summed E-state index contributed by atoms with van der Waals surface area (Å²) >= 11 is 0. The van der Waals surface area contributed by atoms with E-state index >= 15 is 0 Å². The molecule has 11 nitrogen and oxygen atoms in total. The number of nitrogens with zero attached hydrogens (tertiary/aromatic N) is 2. The number of fused-ring (bicyclic) bond motifs is 3. The molecule has 3 rings (SSSR count). The van der Waals surface area contributed by atoms with Crippen LogP contribution < -0.4 is 16.6 Å². The number of benzene rings is 2. The number of hydrogen-bond acceptors (Lipinski definition) is 8. The van der Waals surface area contributed by atoms with Crippen molar-refractivity contribution >= 4 is 24.0 Å². The third kappa shape index (κ3) is 8.03. The second-order valence-electron chi connectivity index (χ2n) is 10.8. The number of amides is 4. The summed E-state index contributed by atoms with van der Waals surface area (Å²) in [7, 11) is 2.77. The van der Waals surface area contributed by atoms with Gasteiger partial charge < -0.3 is 20.1 Å². The number of likely N-dealkylation sites (N-methyl/N-ethyl adjacent to an activating group) is 2. The fourth-order valence-corrected chi connectivity index (χ4v) is 4.43. The zero-order chi connectivity index (χ0) is 29.4. The van der Waals surface area contributed by atoms with Crippen LogP contribution in [0.1, 0.15) is 50.7 Å². The van der Waals surface area contributed by atoms with Crippen LogP contribution in [0.15, 0.2) is 48.5 Å². The van der Waals surface area contributed by atoms with Crippen molar-refractivity contribution in [2.45, 2.75) is 51.2 Å². The maximum absolute atomic E-state index is 12.7. The van der Waals surface area contributed by atoms with Gasteiger partial charge in [0.1, 0.15) is 12.2 Å². The van der Waals surface area contributed by atoms with Crippen LogP contribution >= 0.6 is 0 Å². The molecule has 0 saturated heterocycles. The standard InChI is InChI=1S/C29H39N5O6/c1-29(2,3)40-27(37)32-31-16-10-15-24(30)26(36)33(4)17-25(35)34(5)28(38)39-18-23-21-13-8-6-11-19(21)20-12-7-9-14-22(20)23/h6-9,11-14,23-24,31H,10,15-18,30H2,1-5H3,(H,32,37)/t24-/m0/s1. The van der Waals surface area contributed by atoms with E-state index in [0.717, 1.165) is 27.2 Å². The molecular weight excluding hydrogens is 514 g/mol. The van der Waals surface area contributed by atoms with E-state index in [1.807, 2.05) is 48.5 Å². The lowest BCUT2D eigenvalue weighted by Crippen LogP contribution is -2.47. The number of hydrazine groups is 1. The first-order chi connectivity index (χ1) is 18.9. The molecule has 0 radical (unpaired) electrons. The Bertz CT molecular complexity index is 1180. The van der Waals surface area contributed by atoms with Crippen molar-refractivity contribution < 1.29 is 28.7 Å². The molecule has 0 saturated carbocycles. The lowest BCUT2D eigenvalue weighted by atomic mass is 9.98. The smallest absolute Gasteiger partial charge is 0.422 e. The molecule has 0 unspecified atom stereocenters. The first kappa shape index (κ1) is 30.6. The van der Waals surface area contributed by atoms with Gasteiger partial charge in [0.15, 0.2) is 0 Å². The SMILES string of the molecule is CN(CC(=O)N(C)C(=O)OCC1c2ccccc2-c2ccccc21)C(=O)[C@@H](N)CCCNNC(=O)OC(C)(C)C. The Hall–Kier alpha value is -3.96. The number of imide groups is 1. The normalized spacial score (nSPS) is 13.1. The fraction of sp³-hybridized carbons (Fsp3) is 0.448. The summed E-state index contributed by atoms with van der Waals surface area (Å²) in [5.41, 5.74) is 14.9. The average Bonchev–Trinajstić information content (AvgIpc) is 3.23. The van der Waals surface area contributed by atoms with E-state index in [9.17, 15) is 19.2 Å². The van der Waals surface area contributed by atoms with Crippen LogP contribution in [0.2, 0.25) is 0 Å². The molecule has 2 aromatic rings. The van der Waals surface area contributed by atoms with Gasteiger partial charge >= 0.3 is 12.2 Å². The number of hydrogen-bond donors (Lipinski definition) is 3. The molecule has 1 aliphatic rings. The fourth-order valence-electron chi connectivity index (χ4n) is 4.43. The summed E-state index contributed by atoms with van der Waals surface area (Å²) in [6, 6.07) is 15.1. The van der Waals surface area contributed by atoms with E-state index in [0.29, 0.717) is 19.4 Å². The Morgan fingerprint density at radius 1 is 0.975 bits per heavy atom. The average molecular weight is 554 g/mol. The highest BCUT2D eigenvalue weighted by Crippen LogP contribution is 2.44. The molecule has 0 heterocycles. The highest BCUT2D eigenvalue weighted by molar-refractivity contribution is 5.95. The first-order valence-electron chi connectivity index (χ1n) is 13.2. The molecule has 0 bridgehead atoms. The van der Waals surface area contributed by atoms with Gasteiger partial charge in [-0.3, -0.25) is 15.0 Å². The maximum atomic E-state index is 12.7. The Kier molecular flexibility index (Phi) is 10.2. The quantitative estimate of drug-likeness (QED) is 0.301. The predicted molar refractivity (Wildman–Crippen MR) is 150 cm³/mol. The Labute approximate surface area is 234 Å². The van der Waals surface area contributed by atoms with Crippen LogP contribution in [0.4, 0.5) is 9.59 Å². The van der Waals surface area contributed by atoms with Gasteiger partial charge in [-0.15, -0.1) is 0 Å². The van der Waals surface area contributed by atoms with Crippen LogP contribution in [0, 0.1) is 0 Å². The van der Waals surface area contributed by atoms with Crippen molar-refractivity contribution in [3.8, 4) is 11.1 Å². The largest absolute Gasteiger partial charge is 0.448 e. The molecule has 40 heavy (non-hydrogen) atoms. The van der Waals surface area contributed by atoms with Gasteiger partial charge in [-0.1, -0.05) is 48.5 Å². The highest BCUT2D eigenvalue weighted by atomic mass is 16.6. The number of nitrogens with two attached hydrogens (primary N) is 1. The summed E-state index contributed by atoms with van der Waals surface area (Å²) in [5, 5.41) is 0. The molecule has 1 aliphatic carbocycles. The first-order valence-corrected chi connectivity index (χ1v) is 13.2. The van der Waals surface area contributed by atoms with Gasteiger partial charge in [-0.2, -0.15) is 0 Å². The molecule has 4 N–H and O–H groups in total. The lowest BCUT2D eigenvalue weighted by molar-refractivity contribution is -0.138. The van der Waals surface area contributed by atoms with E-state index in [4.69, 9.17) is 15.2 Å². The number of carbonyl (C=O) groups excluding carboxylic acids is 4. The highest BCUT2D eigenvalue weighted by Gasteiger charge is 2.30. The van der Waals surface area contributed by atoms with Crippen molar-refractivity contribution in [3.05, 3.63) is 59.7 Å². The van der Waals surface area contributed by atoms with Crippen molar-refractivity contribution in [1.82, 2.24) is 20.7 Å². The number of nitrogens with one attached hydrogen (secondary N) is 2. The van der Waals surface area contributed by atoms with E-state index < -0.39 is 35.6 Å². The third-order valence-corrected chi connectivity index (χ3v) is 6.46. The minimum Gasteiger partial charge on any atom is -0.448 e. The molecule has 11 heteroatoms. The third-order valence-electron chi connectivity index (χ3n) is 6.46. The molecule has 0 aromatic heterocycles. The summed E-state index contributed by atoms with van der Waals surface area (Å²) < 4.78 is 10.6. The van der Waals surface area contributed by atoms with Crippen LogP contribution in [-0.2, 0) is 19.1 Å². The molecular formula is C29H39N5O6. The summed E-state index contributed by atoms with van der Waals surface area (Å²) in [6.07, 6.45) is -0.584. The van der Waals surface area contributed by atoms with E-state index in [1.165, 1.54) is 19.0 Å². The summed E-state index contributed by atoms with van der Waals surface area (Å²) in [5.74, 6) is -1.16. The molecule has 4 amide bonds. The van der Waals surface area contributed by atoms with Gasteiger partial charge in [0.2, 0.25) is 5.91 Å². The molecule has 216 valence electrons. The molecule has 0 spiro atoms. The lowest BCUT2D eigenvalue weighted by Gasteiger charge is -2.24. The Balaban J connectivity index is 1.42. The summed E-state index contributed by atoms with van der Waals surface area (Å²) in [6.45, 7) is 5.40. The zero-order valence-electron chi connectivity index (χ0n) is 23.7. The number of rotatable bonds is 10. The van der Waals surface area contributed by atoms with Gasteiger partial charge in [0.05, 0.1) is 12.6 Å².